The molecule has 0 aliphatic heterocycles. The topological polar surface area (TPSA) is 55.4 Å². The van der Waals surface area contributed by atoms with Crippen LogP contribution in [0.3, 0.4) is 0 Å². The molecule has 0 saturated heterocycles. The van der Waals surface area contributed by atoms with Crippen LogP contribution in [0.4, 0.5) is 0 Å². The van der Waals surface area contributed by atoms with Crippen molar-refractivity contribution in [2.45, 2.75) is 117 Å². The zero-order valence-electron chi connectivity index (χ0n) is 28.5. The van der Waals surface area contributed by atoms with Crippen molar-refractivity contribution in [3.8, 4) is 5.75 Å². The van der Waals surface area contributed by atoms with Crippen LogP contribution in [0.2, 0.25) is 36.3 Å². The summed E-state index contributed by atoms with van der Waals surface area (Å²) in [5.74, 6) is 1.27. The van der Waals surface area contributed by atoms with Gasteiger partial charge in [0.05, 0.1) is 25.9 Å². The average molecular weight is 599 g/mol. The van der Waals surface area contributed by atoms with Crippen LogP contribution in [0.25, 0.3) is 0 Å². The summed E-state index contributed by atoms with van der Waals surface area (Å²) in [7, 11) is -0.438. The third kappa shape index (κ3) is 11.2. The summed E-state index contributed by atoms with van der Waals surface area (Å²) in [6, 6.07) is 8.08. The third-order valence-electron chi connectivity index (χ3n) is 9.16. The van der Waals surface area contributed by atoms with E-state index in [9.17, 15) is 0 Å². The van der Waals surface area contributed by atoms with Crippen LogP contribution in [0.5, 0.6) is 5.75 Å². The van der Waals surface area contributed by atoms with E-state index in [1.54, 1.807) is 14.2 Å². The summed E-state index contributed by atoms with van der Waals surface area (Å²) < 4.78 is 37.1. The molecule has 5 atom stereocenters. The van der Waals surface area contributed by atoms with Crippen LogP contribution in [-0.4, -0.2) is 63.1 Å². The highest BCUT2D eigenvalue weighted by Crippen LogP contribution is 2.39. The molecule has 0 heterocycles. The maximum atomic E-state index is 6.73. The van der Waals surface area contributed by atoms with Gasteiger partial charge in [0.15, 0.2) is 16.6 Å². The minimum atomic E-state index is -1.90. The van der Waals surface area contributed by atoms with Gasteiger partial charge in [0.2, 0.25) is 0 Å². The van der Waals surface area contributed by atoms with E-state index in [1.807, 2.05) is 12.1 Å². The third-order valence-corrected chi connectivity index (χ3v) is 18.2. The molecule has 0 fully saturated rings. The van der Waals surface area contributed by atoms with E-state index in [0.29, 0.717) is 19.8 Å². The zero-order valence-corrected chi connectivity index (χ0v) is 30.5. The van der Waals surface area contributed by atoms with Crippen molar-refractivity contribution in [2.24, 2.45) is 17.8 Å². The molecule has 0 aliphatic rings. The molecular formula is C32H62O6Si2. The smallest absolute Gasteiger partial charge is 0.191 e. The van der Waals surface area contributed by atoms with Crippen molar-refractivity contribution in [3.63, 3.8) is 0 Å². The number of ether oxygens (including phenoxy) is 4. The number of hydrogen-bond acceptors (Lipinski definition) is 6. The fourth-order valence-corrected chi connectivity index (χ4v) is 6.44. The first-order valence-electron chi connectivity index (χ1n) is 14.9. The molecule has 6 nitrogen and oxygen atoms in total. The summed E-state index contributed by atoms with van der Waals surface area (Å²) in [6.07, 6.45) is -0.176. The van der Waals surface area contributed by atoms with Gasteiger partial charge >= 0.3 is 0 Å². The Balaban J connectivity index is 3.21. The molecule has 0 amide bonds. The van der Waals surface area contributed by atoms with Gasteiger partial charge in [-0.2, -0.15) is 0 Å². The maximum absolute atomic E-state index is 6.73. The monoisotopic (exact) mass is 598 g/mol. The van der Waals surface area contributed by atoms with Crippen LogP contribution in [0, 0.1) is 17.8 Å². The maximum Gasteiger partial charge on any atom is 0.191 e. The highest BCUT2D eigenvalue weighted by atomic mass is 28.4. The van der Waals surface area contributed by atoms with Crippen LogP contribution in [-0.2, 0) is 29.7 Å². The first kappa shape index (κ1) is 37.3. The van der Waals surface area contributed by atoms with Crippen molar-refractivity contribution in [3.05, 3.63) is 29.8 Å². The molecule has 0 unspecified atom stereocenters. The number of rotatable bonds is 17. The largest absolute Gasteiger partial charge is 0.497 e. The Labute approximate surface area is 249 Å². The normalized spacial score (nSPS) is 17.3. The van der Waals surface area contributed by atoms with Crippen molar-refractivity contribution >= 4 is 16.6 Å². The first-order valence-corrected chi connectivity index (χ1v) is 20.7. The number of methoxy groups -OCH3 is 2. The van der Waals surface area contributed by atoms with Crippen molar-refractivity contribution in [1.82, 2.24) is 0 Å². The van der Waals surface area contributed by atoms with Crippen molar-refractivity contribution < 1.29 is 27.8 Å². The first-order chi connectivity index (χ1) is 18.3. The Morgan fingerprint density at radius 1 is 0.675 bits per heavy atom. The fourth-order valence-electron chi connectivity index (χ4n) is 4.22. The van der Waals surface area contributed by atoms with Gasteiger partial charge in [-0.25, -0.2) is 0 Å². The number of hydrogen-bond donors (Lipinski definition) is 0. The quantitative estimate of drug-likeness (QED) is 0.132. The molecule has 0 saturated carbocycles. The summed E-state index contributed by atoms with van der Waals surface area (Å²) >= 11 is 0. The minimum Gasteiger partial charge on any atom is -0.497 e. The molecule has 0 radical (unpaired) electrons. The van der Waals surface area contributed by atoms with Gasteiger partial charge in [-0.1, -0.05) is 74.4 Å². The van der Waals surface area contributed by atoms with E-state index in [1.165, 1.54) is 0 Å². The van der Waals surface area contributed by atoms with E-state index in [2.05, 4.69) is 101 Å². The predicted molar refractivity (Wildman–Crippen MR) is 172 cm³/mol. The molecule has 1 rings (SSSR count). The summed E-state index contributed by atoms with van der Waals surface area (Å²) in [4.78, 5) is 0. The lowest BCUT2D eigenvalue weighted by molar-refractivity contribution is -0.148. The van der Waals surface area contributed by atoms with Crippen LogP contribution >= 0.6 is 0 Å². The van der Waals surface area contributed by atoms with Crippen LogP contribution in [0.1, 0.15) is 67.9 Å². The standard InChI is InChI=1S/C32H62O6Si2/c1-24(20-37-39(12,13)31(4,5)6)29(35-22-27-16-18-28(34-11)19-17-27)26(3)30(36-23-33-10)25(2)21-38-40(14,15)32(7,8)9/h16-19,24-26,29-30H,20-23H2,1-15H3/t24-,25-,26-,29-,30+/m0/s1. The van der Waals surface area contributed by atoms with Crippen molar-refractivity contribution in [1.29, 1.82) is 0 Å². The van der Waals surface area contributed by atoms with E-state index in [4.69, 9.17) is 27.8 Å². The second-order valence-electron chi connectivity index (χ2n) is 14.6. The van der Waals surface area contributed by atoms with Gasteiger partial charge in [0, 0.05) is 38.1 Å². The average Bonchev–Trinajstić information content (AvgIpc) is 2.85. The fraction of sp³-hybridized carbons (Fsp3) is 0.812. The molecular weight excluding hydrogens is 537 g/mol. The van der Waals surface area contributed by atoms with Gasteiger partial charge in [0.25, 0.3) is 0 Å². The van der Waals surface area contributed by atoms with E-state index < -0.39 is 16.6 Å². The lowest BCUT2D eigenvalue weighted by atomic mass is 9.84. The second-order valence-corrected chi connectivity index (χ2v) is 24.2. The van der Waals surface area contributed by atoms with E-state index in [-0.39, 0.29) is 46.8 Å². The Kier molecular flexibility index (Phi) is 14.6. The van der Waals surface area contributed by atoms with Gasteiger partial charge < -0.3 is 27.8 Å². The van der Waals surface area contributed by atoms with Crippen LogP contribution in [0.15, 0.2) is 24.3 Å². The highest BCUT2D eigenvalue weighted by molar-refractivity contribution is 6.74. The SMILES string of the molecule is COCO[C@@H]([C@@H](C)[C@@H](OCc1ccc(OC)cc1)[C@@H](C)CO[Si](C)(C)C(C)(C)C)[C@@H](C)CO[Si](C)(C)C(C)(C)C. The lowest BCUT2D eigenvalue weighted by Crippen LogP contribution is -2.47. The predicted octanol–water partition coefficient (Wildman–Crippen LogP) is 8.52. The Morgan fingerprint density at radius 2 is 1.10 bits per heavy atom. The van der Waals surface area contributed by atoms with Crippen LogP contribution < -0.4 is 4.74 Å². The Hall–Kier alpha value is -0.746. The molecule has 0 N–H and O–H groups in total. The summed E-state index contributed by atoms with van der Waals surface area (Å²) in [5.41, 5.74) is 1.11. The molecule has 0 aliphatic carbocycles. The summed E-state index contributed by atoms with van der Waals surface area (Å²) in [6.45, 7) is 31.6. The molecule has 1 aromatic carbocycles. The molecule has 40 heavy (non-hydrogen) atoms. The lowest BCUT2D eigenvalue weighted by Gasteiger charge is -2.41. The van der Waals surface area contributed by atoms with E-state index >= 15 is 0 Å². The molecule has 0 bridgehead atoms. The van der Waals surface area contributed by atoms with Gasteiger partial charge in [0.1, 0.15) is 12.5 Å². The molecule has 0 spiro atoms. The summed E-state index contributed by atoms with van der Waals surface area (Å²) in [5, 5.41) is 0.304. The Morgan fingerprint density at radius 3 is 1.48 bits per heavy atom. The highest BCUT2D eigenvalue weighted by Gasteiger charge is 2.41. The molecule has 8 heteroatoms. The minimum absolute atomic E-state index is 0.0796. The van der Waals surface area contributed by atoms with Gasteiger partial charge in [-0.15, -0.1) is 0 Å². The second kappa shape index (κ2) is 15.6. The van der Waals surface area contributed by atoms with E-state index in [0.717, 1.165) is 11.3 Å². The molecule has 0 aromatic heterocycles. The molecule has 1 aromatic rings. The van der Waals surface area contributed by atoms with Crippen molar-refractivity contribution in [2.75, 3.05) is 34.2 Å². The van der Waals surface area contributed by atoms with Gasteiger partial charge in [-0.05, 0) is 54.0 Å². The molecule has 234 valence electrons. The zero-order chi connectivity index (χ0) is 30.9. The Bertz CT molecular complexity index is 844. The van der Waals surface area contributed by atoms with Gasteiger partial charge in [-0.3, -0.25) is 0 Å². The number of benzene rings is 1.